The van der Waals surface area contributed by atoms with Crippen LogP contribution in [0.15, 0.2) is 24.3 Å². The van der Waals surface area contributed by atoms with E-state index in [2.05, 4.69) is 10.1 Å². The van der Waals surface area contributed by atoms with Crippen molar-refractivity contribution >= 4 is 17.6 Å². The molecule has 3 N–H and O–H groups in total. The van der Waals surface area contributed by atoms with Crippen molar-refractivity contribution in [3.63, 3.8) is 0 Å². The van der Waals surface area contributed by atoms with Gasteiger partial charge < -0.3 is 20.5 Å². The highest BCUT2D eigenvalue weighted by molar-refractivity contribution is 5.95. The SMILES string of the molecule is COC(=O)Cc1cccc(NC(=O)C(N)C2CCOCC2)c1. The first kappa shape index (κ1) is 16.5. The zero-order chi connectivity index (χ0) is 15.9. The van der Waals surface area contributed by atoms with Gasteiger partial charge in [-0.2, -0.15) is 0 Å². The molecule has 6 nitrogen and oxygen atoms in total. The fourth-order valence-corrected chi connectivity index (χ4v) is 2.51. The van der Waals surface area contributed by atoms with Crippen molar-refractivity contribution in [2.24, 2.45) is 11.7 Å². The summed E-state index contributed by atoms with van der Waals surface area (Å²) in [7, 11) is 1.35. The fraction of sp³-hybridized carbons (Fsp3) is 0.500. The number of hydrogen-bond acceptors (Lipinski definition) is 5. The van der Waals surface area contributed by atoms with Crippen molar-refractivity contribution in [2.45, 2.75) is 25.3 Å². The minimum Gasteiger partial charge on any atom is -0.469 e. The Morgan fingerprint density at radius 2 is 2.14 bits per heavy atom. The van der Waals surface area contributed by atoms with E-state index >= 15 is 0 Å². The summed E-state index contributed by atoms with van der Waals surface area (Å²) in [6, 6.07) is 6.58. The number of carbonyl (C=O) groups is 2. The first-order chi connectivity index (χ1) is 10.6. The van der Waals surface area contributed by atoms with Gasteiger partial charge in [0.05, 0.1) is 19.6 Å². The molecule has 120 valence electrons. The molecule has 6 heteroatoms. The predicted octanol–water partition coefficient (Wildman–Crippen LogP) is 1.09. The maximum atomic E-state index is 12.2. The van der Waals surface area contributed by atoms with Crippen LogP contribution in [-0.4, -0.2) is 38.2 Å². The Labute approximate surface area is 130 Å². The second-order valence-electron chi connectivity index (χ2n) is 5.42. The first-order valence-electron chi connectivity index (χ1n) is 7.40. The number of esters is 1. The maximum Gasteiger partial charge on any atom is 0.309 e. The van der Waals surface area contributed by atoms with Crippen molar-refractivity contribution in [1.29, 1.82) is 0 Å². The summed E-state index contributed by atoms with van der Waals surface area (Å²) in [5.74, 6) is -0.378. The van der Waals surface area contributed by atoms with E-state index < -0.39 is 6.04 Å². The molecule has 2 rings (SSSR count). The van der Waals surface area contributed by atoms with Crippen molar-refractivity contribution < 1.29 is 19.1 Å². The second kappa shape index (κ2) is 7.91. The Morgan fingerprint density at radius 3 is 2.82 bits per heavy atom. The van der Waals surface area contributed by atoms with Crippen LogP contribution < -0.4 is 11.1 Å². The Morgan fingerprint density at radius 1 is 1.41 bits per heavy atom. The lowest BCUT2D eigenvalue weighted by Gasteiger charge is -2.26. The van der Waals surface area contributed by atoms with Crippen LogP contribution in [0.4, 0.5) is 5.69 Å². The number of anilines is 1. The van der Waals surface area contributed by atoms with E-state index in [0.717, 1.165) is 18.4 Å². The molecule has 0 aliphatic carbocycles. The molecule has 1 aromatic rings. The average molecular weight is 306 g/mol. The van der Waals surface area contributed by atoms with E-state index in [1.165, 1.54) is 7.11 Å². The smallest absolute Gasteiger partial charge is 0.309 e. The third kappa shape index (κ3) is 4.54. The van der Waals surface area contributed by atoms with Gasteiger partial charge >= 0.3 is 5.97 Å². The molecule has 1 unspecified atom stereocenters. The zero-order valence-corrected chi connectivity index (χ0v) is 12.7. The van der Waals surface area contributed by atoms with Gasteiger partial charge in [0.1, 0.15) is 0 Å². The van der Waals surface area contributed by atoms with Crippen molar-refractivity contribution in [3.8, 4) is 0 Å². The van der Waals surface area contributed by atoms with Gasteiger partial charge in [-0.25, -0.2) is 0 Å². The van der Waals surface area contributed by atoms with Crippen molar-refractivity contribution in [2.75, 3.05) is 25.6 Å². The van der Waals surface area contributed by atoms with Gasteiger partial charge in [-0.1, -0.05) is 12.1 Å². The molecule has 0 saturated carbocycles. The monoisotopic (exact) mass is 306 g/mol. The molecule has 0 spiro atoms. The Balaban J connectivity index is 1.95. The molecule has 1 aliphatic heterocycles. The van der Waals surface area contributed by atoms with Gasteiger partial charge in [0.15, 0.2) is 0 Å². The quantitative estimate of drug-likeness (QED) is 0.795. The summed E-state index contributed by atoms with van der Waals surface area (Å²) < 4.78 is 9.91. The van der Waals surface area contributed by atoms with Crippen LogP contribution in [0, 0.1) is 5.92 Å². The van der Waals surface area contributed by atoms with Crippen LogP contribution in [0.3, 0.4) is 0 Å². The lowest BCUT2D eigenvalue weighted by Crippen LogP contribution is -2.44. The van der Waals surface area contributed by atoms with Crippen LogP contribution in [-0.2, 0) is 25.5 Å². The van der Waals surface area contributed by atoms with E-state index in [4.69, 9.17) is 10.5 Å². The fourth-order valence-electron chi connectivity index (χ4n) is 2.51. The topological polar surface area (TPSA) is 90.7 Å². The van der Waals surface area contributed by atoms with Gasteiger partial charge in [0.25, 0.3) is 0 Å². The van der Waals surface area contributed by atoms with Gasteiger partial charge in [0.2, 0.25) is 5.91 Å². The number of methoxy groups -OCH3 is 1. The second-order valence-corrected chi connectivity index (χ2v) is 5.42. The van der Waals surface area contributed by atoms with Gasteiger partial charge in [-0.3, -0.25) is 9.59 Å². The minimum atomic E-state index is -0.548. The van der Waals surface area contributed by atoms with Crippen molar-refractivity contribution in [3.05, 3.63) is 29.8 Å². The highest BCUT2D eigenvalue weighted by atomic mass is 16.5. The highest BCUT2D eigenvalue weighted by Crippen LogP contribution is 2.19. The zero-order valence-electron chi connectivity index (χ0n) is 12.7. The molecule has 22 heavy (non-hydrogen) atoms. The predicted molar refractivity (Wildman–Crippen MR) is 82.3 cm³/mol. The molecule has 1 fully saturated rings. The van der Waals surface area contributed by atoms with Crippen LogP contribution >= 0.6 is 0 Å². The lowest BCUT2D eigenvalue weighted by molar-refractivity contribution is -0.139. The largest absolute Gasteiger partial charge is 0.469 e. The lowest BCUT2D eigenvalue weighted by atomic mass is 9.92. The van der Waals surface area contributed by atoms with E-state index in [-0.39, 0.29) is 24.2 Å². The van der Waals surface area contributed by atoms with Crippen LogP contribution in [0.2, 0.25) is 0 Å². The van der Waals surface area contributed by atoms with Crippen LogP contribution in [0.25, 0.3) is 0 Å². The van der Waals surface area contributed by atoms with Gasteiger partial charge in [0, 0.05) is 18.9 Å². The number of ether oxygens (including phenoxy) is 2. The summed E-state index contributed by atoms with van der Waals surface area (Å²) in [6.07, 6.45) is 1.78. The Hall–Kier alpha value is -1.92. The molecule has 1 aliphatic rings. The molecule has 0 aromatic heterocycles. The third-order valence-electron chi connectivity index (χ3n) is 3.85. The minimum absolute atomic E-state index is 0.145. The van der Waals surface area contributed by atoms with E-state index in [0.29, 0.717) is 18.9 Å². The summed E-state index contributed by atoms with van der Waals surface area (Å²) in [6.45, 7) is 1.31. The van der Waals surface area contributed by atoms with E-state index in [9.17, 15) is 9.59 Å². The summed E-state index contributed by atoms with van der Waals surface area (Å²) in [4.78, 5) is 23.5. The standard InChI is InChI=1S/C16H22N2O4/c1-21-14(19)10-11-3-2-4-13(9-11)18-16(20)15(17)12-5-7-22-8-6-12/h2-4,9,12,15H,5-8,10,17H2,1H3,(H,18,20). The van der Waals surface area contributed by atoms with Gasteiger partial charge in [-0.15, -0.1) is 0 Å². The number of amides is 1. The highest BCUT2D eigenvalue weighted by Gasteiger charge is 2.26. The van der Waals surface area contributed by atoms with Crippen LogP contribution in [0.1, 0.15) is 18.4 Å². The molecule has 0 radical (unpaired) electrons. The Kier molecular flexibility index (Phi) is 5.91. The molecule has 1 saturated heterocycles. The molecule has 1 heterocycles. The van der Waals surface area contributed by atoms with E-state index in [1.807, 2.05) is 6.07 Å². The molecule has 1 atom stereocenters. The number of benzene rings is 1. The number of nitrogens with two attached hydrogens (primary N) is 1. The maximum absolute atomic E-state index is 12.2. The number of carbonyl (C=O) groups excluding carboxylic acids is 2. The third-order valence-corrected chi connectivity index (χ3v) is 3.85. The summed E-state index contributed by atoms with van der Waals surface area (Å²) in [5.41, 5.74) is 7.45. The molecule has 1 aromatic carbocycles. The number of nitrogens with one attached hydrogen (secondary N) is 1. The number of hydrogen-bond donors (Lipinski definition) is 2. The summed E-state index contributed by atoms with van der Waals surface area (Å²) in [5, 5.41) is 2.81. The van der Waals surface area contributed by atoms with E-state index in [1.54, 1.807) is 18.2 Å². The van der Waals surface area contributed by atoms with Crippen molar-refractivity contribution in [1.82, 2.24) is 0 Å². The normalized spacial score (nSPS) is 16.8. The Bertz CT molecular complexity index is 527. The van der Waals surface area contributed by atoms with Gasteiger partial charge in [-0.05, 0) is 36.5 Å². The first-order valence-corrected chi connectivity index (χ1v) is 7.40. The molecule has 0 bridgehead atoms. The molecule has 1 amide bonds. The summed E-state index contributed by atoms with van der Waals surface area (Å²) >= 11 is 0. The number of rotatable bonds is 5. The molecular formula is C16H22N2O4. The molecular weight excluding hydrogens is 284 g/mol. The average Bonchev–Trinajstić information content (AvgIpc) is 2.55. The van der Waals surface area contributed by atoms with Crippen LogP contribution in [0.5, 0.6) is 0 Å².